The van der Waals surface area contributed by atoms with Crippen molar-refractivity contribution in [3.8, 4) is 5.69 Å². The van der Waals surface area contributed by atoms with Crippen molar-refractivity contribution < 1.29 is 9.90 Å². The van der Waals surface area contributed by atoms with E-state index >= 15 is 0 Å². The number of carbonyl (C=O) groups is 1. The van der Waals surface area contributed by atoms with Crippen molar-refractivity contribution in [1.82, 2.24) is 9.55 Å². The van der Waals surface area contributed by atoms with Crippen LogP contribution >= 0.6 is 23.2 Å². The average Bonchev–Trinajstić information content (AvgIpc) is 2.85. The molecule has 0 saturated carbocycles. The molecule has 0 radical (unpaired) electrons. The molecule has 0 bridgehead atoms. The fourth-order valence-electron chi connectivity index (χ4n) is 2.05. The number of aromatic carboxylic acids is 1. The van der Waals surface area contributed by atoms with Gasteiger partial charge in [0.15, 0.2) is 0 Å². The maximum atomic E-state index is 11.2. The molecule has 0 amide bonds. The van der Waals surface area contributed by atoms with Gasteiger partial charge in [-0.1, -0.05) is 29.3 Å². The lowest BCUT2D eigenvalue weighted by Crippen LogP contribution is -1.98. The third-order valence-corrected chi connectivity index (χ3v) is 3.73. The van der Waals surface area contributed by atoms with E-state index in [1.807, 2.05) is 0 Å². The molecule has 100 valence electrons. The Kier molecular flexibility index (Phi) is 3.12. The van der Waals surface area contributed by atoms with Crippen molar-refractivity contribution in [2.75, 3.05) is 0 Å². The first kappa shape index (κ1) is 13.0. The minimum absolute atomic E-state index is 0.168. The normalized spacial score (nSPS) is 10.9. The number of carboxylic acids is 1. The van der Waals surface area contributed by atoms with Gasteiger partial charge in [-0.15, -0.1) is 0 Å². The van der Waals surface area contributed by atoms with Gasteiger partial charge >= 0.3 is 5.97 Å². The first-order valence-corrected chi connectivity index (χ1v) is 6.48. The van der Waals surface area contributed by atoms with Crippen molar-refractivity contribution >= 4 is 40.2 Å². The third kappa shape index (κ3) is 2.03. The van der Waals surface area contributed by atoms with Gasteiger partial charge in [0.25, 0.3) is 0 Å². The summed E-state index contributed by atoms with van der Waals surface area (Å²) in [7, 11) is 0. The number of rotatable bonds is 2. The lowest BCUT2D eigenvalue weighted by Gasteiger charge is -2.06. The van der Waals surface area contributed by atoms with E-state index in [0.29, 0.717) is 21.1 Å². The van der Waals surface area contributed by atoms with Crippen molar-refractivity contribution in [1.29, 1.82) is 0 Å². The molecule has 3 rings (SSSR count). The maximum absolute atomic E-state index is 11.2. The number of fused-ring (bicyclic) bond motifs is 1. The van der Waals surface area contributed by atoms with E-state index in [1.54, 1.807) is 41.2 Å². The monoisotopic (exact) mass is 306 g/mol. The fraction of sp³-hybridized carbons (Fsp3) is 0. The van der Waals surface area contributed by atoms with Gasteiger partial charge in [-0.3, -0.25) is 4.57 Å². The standard InChI is InChI=1S/C14H8Cl2N2O2/c15-10-5-4-8(6-11(10)16)18-7-17-13-9(14(19)20)2-1-3-12(13)18/h1-7H,(H,19,20). The Morgan fingerprint density at radius 1 is 1.15 bits per heavy atom. The Morgan fingerprint density at radius 2 is 1.95 bits per heavy atom. The summed E-state index contributed by atoms with van der Waals surface area (Å²) >= 11 is 11.9. The highest BCUT2D eigenvalue weighted by Gasteiger charge is 2.13. The Balaban J connectivity index is 2.25. The number of hydrogen-bond donors (Lipinski definition) is 1. The van der Waals surface area contributed by atoms with E-state index < -0.39 is 5.97 Å². The largest absolute Gasteiger partial charge is 0.478 e. The summed E-state index contributed by atoms with van der Waals surface area (Å²) in [5.41, 5.74) is 2.07. The molecule has 20 heavy (non-hydrogen) atoms. The van der Waals surface area contributed by atoms with Gasteiger partial charge in [0.05, 0.1) is 21.1 Å². The van der Waals surface area contributed by atoms with E-state index in [9.17, 15) is 4.79 Å². The Morgan fingerprint density at radius 3 is 2.65 bits per heavy atom. The van der Waals surface area contributed by atoms with Crippen LogP contribution in [0.15, 0.2) is 42.7 Å². The molecule has 1 heterocycles. The Labute approximate surface area is 124 Å². The summed E-state index contributed by atoms with van der Waals surface area (Å²) in [5, 5.41) is 10.1. The lowest BCUT2D eigenvalue weighted by molar-refractivity contribution is 0.0699. The second-order valence-electron chi connectivity index (χ2n) is 4.19. The average molecular weight is 307 g/mol. The van der Waals surface area contributed by atoms with Crippen LogP contribution < -0.4 is 0 Å². The van der Waals surface area contributed by atoms with Crippen LogP contribution in [0.2, 0.25) is 10.0 Å². The molecular weight excluding hydrogens is 299 g/mol. The highest BCUT2D eigenvalue weighted by atomic mass is 35.5. The van der Waals surface area contributed by atoms with Crippen LogP contribution in [0.1, 0.15) is 10.4 Å². The van der Waals surface area contributed by atoms with Crippen LogP contribution in [0.4, 0.5) is 0 Å². The number of carboxylic acid groups (broad SMARTS) is 1. The molecule has 0 spiro atoms. The van der Waals surface area contributed by atoms with Gasteiger partial charge in [0, 0.05) is 5.69 Å². The Hall–Kier alpha value is -2.04. The number of halogens is 2. The van der Waals surface area contributed by atoms with Crippen molar-refractivity contribution in [2.24, 2.45) is 0 Å². The summed E-state index contributed by atoms with van der Waals surface area (Å²) in [4.78, 5) is 15.3. The zero-order valence-corrected chi connectivity index (χ0v) is 11.6. The molecule has 0 aliphatic rings. The van der Waals surface area contributed by atoms with E-state index in [0.717, 1.165) is 5.69 Å². The first-order chi connectivity index (χ1) is 9.58. The number of hydrogen-bond acceptors (Lipinski definition) is 2. The summed E-state index contributed by atoms with van der Waals surface area (Å²) in [6.07, 6.45) is 1.57. The molecule has 0 atom stereocenters. The third-order valence-electron chi connectivity index (χ3n) is 2.99. The zero-order chi connectivity index (χ0) is 14.3. The topological polar surface area (TPSA) is 55.1 Å². The van der Waals surface area contributed by atoms with Crippen LogP contribution in [0.25, 0.3) is 16.7 Å². The van der Waals surface area contributed by atoms with E-state index in [4.69, 9.17) is 28.3 Å². The number of benzene rings is 2. The molecule has 3 aromatic rings. The SMILES string of the molecule is O=C(O)c1cccc2c1ncn2-c1ccc(Cl)c(Cl)c1. The summed E-state index contributed by atoms with van der Waals surface area (Å²) in [6, 6.07) is 10.2. The molecule has 0 unspecified atom stereocenters. The van der Waals surface area contributed by atoms with Gasteiger partial charge in [0.1, 0.15) is 11.8 Å². The van der Waals surface area contributed by atoms with Crippen LogP contribution in [0.5, 0.6) is 0 Å². The number of aromatic nitrogens is 2. The second-order valence-corrected chi connectivity index (χ2v) is 5.01. The molecule has 2 aromatic carbocycles. The highest BCUT2D eigenvalue weighted by Crippen LogP contribution is 2.27. The quantitative estimate of drug-likeness (QED) is 0.777. The second kappa shape index (κ2) is 4.81. The molecule has 0 saturated heterocycles. The van der Waals surface area contributed by atoms with E-state index in [-0.39, 0.29) is 5.56 Å². The molecule has 0 aliphatic carbocycles. The molecule has 6 heteroatoms. The smallest absolute Gasteiger partial charge is 0.337 e. The van der Waals surface area contributed by atoms with Gasteiger partial charge in [0.2, 0.25) is 0 Å². The summed E-state index contributed by atoms with van der Waals surface area (Å²) in [5.74, 6) is -1.00. The minimum atomic E-state index is -1.00. The molecule has 1 aromatic heterocycles. The van der Waals surface area contributed by atoms with Gasteiger partial charge < -0.3 is 5.11 Å². The highest BCUT2D eigenvalue weighted by molar-refractivity contribution is 6.42. The van der Waals surface area contributed by atoms with Gasteiger partial charge in [-0.25, -0.2) is 9.78 Å². The maximum Gasteiger partial charge on any atom is 0.337 e. The van der Waals surface area contributed by atoms with Crippen LogP contribution in [0.3, 0.4) is 0 Å². The number of nitrogens with zero attached hydrogens (tertiary/aromatic N) is 2. The molecule has 4 nitrogen and oxygen atoms in total. The summed E-state index contributed by atoms with van der Waals surface area (Å²) in [6.45, 7) is 0. The molecular formula is C14H8Cl2N2O2. The predicted octanol–water partition coefficient (Wildman–Crippen LogP) is 4.03. The minimum Gasteiger partial charge on any atom is -0.478 e. The zero-order valence-electron chi connectivity index (χ0n) is 10.0. The van der Waals surface area contributed by atoms with Crippen LogP contribution in [-0.2, 0) is 0 Å². The molecule has 1 N–H and O–H groups in total. The Bertz CT molecular complexity index is 827. The van der Waals surface area contributed by atoms with E-state index in [1.165, 1.54) is 6.07 Å². The fourth-order valence-corrected chi connectivity index (χ4v) is 2.34. The van der Waals surface area contributed by atoms with Gasteiger partial charge in [-0.2, -0.15) is 0 Å². The van der Waals surface area contributed by atoms with Crippen molar-refractivity contribution in [3.63, 3.8) is 0 Å². The first-order valence-electron chi connectivity index (χ1n) is 5.72. The summed E-state index contributed by atoms with van der Waals surface area (Å²) < 4.78 is 1.77. The molecule has 0 fully saturated rings. The number of para-hydroxylation sites is 1. The number of imidazole rings is 1. The molecule has 0 aliphatic heterocycles. The lowest BCUT2D eigenvalue weighted by atomic mass is 10.2. The van der Waals surface area contributed by atoms with Crippen molar-refractivity contribution in [3.05, 3.63) is 58.3 Å². The predicted molar refractivity (Wildman–Crippen MR) is 78.0 cm³/mol. The van der Waals surface area contributed by atoms with Crippen LogP contribution in [-0.4, -0.2) is 20.6 Å². The van der Waals surface area contributed by atoms with Crippen molar-refractivity contribution in [2.45, 2.75) is 0 Å². The van der Waals surface area contributed by atoms with Gasteiger partial charge in [-0.05, 0) is 30.3 Å². The van der Waals surface area contributed by atoms with E-state index in [2.05, 4.69) is 4.98 Å². The van der Waals surface area contributed by atoms with Crippen LogP contribution in [0, 0.1) is 0 Å².